The summed E-state index contributed by atoms with van der Waals surface area (Å²) in [5.41, 5.74) is 1.94. The van der Waals surface area contributed by atoms with Gasteiger partial charge in [-0.25, -0.2) is 0 Å². The molecule has 1 atom stereocenters. The largest absolute Gasteiger partial charge is 0.395 e. The number of benzene rings is 1. The molecular weight excluding hydrogens is 228 g/mol. The Bertz CT molecular complexity index is 401. The van der Waals surface area contributed by atoms with Crippen LogP contribution in [-0.2, 0) is 0 Å². The topological polar surface area (TPSA) is 52.6 Å². The van der Waals surface area contributed by atoms with Crippen LogP contribution in [0.25, 0.3) is 0 Å². The lowest BCUT2D eigenvalue weighted by Crippen LogP contribution is -2.46. The summed E-state index contributed by atoms with van der Waals surface area (Å²) in [6.07, 6.45) is 0. The number of aliphatic hydroxyl groups is 1. The molecule has 1 heterocycles. The Balaban J connectivity index is 2.15. The highest BCUT2D eigenvalue weighted by Crippen LogP contribution is 2.22. The van der Waals surface area contributed by atoms with Gasteiger partial charge in [0.1, 0.15) is 0 Å². The maximum absolute atomic E-state index is 11.2. The molecule has 4 nitrogen and oxygen atoms in total. The lowest BCUT2D eigenvalue weighted by Gasteiger charge is -2.36. The van der Waals surface area contributed by atoms with Crippen LogP contribution < -0.4 is 5.32 Å². The van der Waals surface area contributed by atoms with E-state index in [9.17, 15) is 4.79 Å². The number of rotatable bonds is 4. The lowest BCUT2D eigenvalue weighted by molar-refractivity contribution is 0.101. The number of nitrogens with zero attached hydrogens (tertiary/aromatic N) is 1. The van der Waals surface area contributed by atoms with Crippen molar-refractivity contribution in [2.45, 2.75) is 13.0 Å². The Hall–Kier alpha value is -1.23. The fourth-order valence-electron chi connectivity index (χ4n) is 2.41. The molecular formula is C14H20N2O2. The number of carbonyl (C=O) groups excluding carboxylic acids is 1. The summed E-state index contributed by atoms with van der Waals surface area (Å²) in [6, 6.07) is 8.07. The van der Waals surface area contributed by atoms with E-state index in [1.54, 1.807) is 6.92 Å². The molecule has 1 aliphatic heterocycles. The van der Waals surface area contributed by atoms with Crippen LogP contribution in [0.15, 0.2) is 24.3 Å². The van der Waals surface area contributed by atoms with E-state index in [0.717, 1.165) is 25.2 Å². The van der Waals surface area contributed by atoms with E-state index < -0.39 is 0 Å². The van der Waals surface area contributed by atoms with Crippen molar-refractivity contribution in [1.82, 2.24) is 10.2 Å². The fourth-order valence-corrected chi connectivity index (χ4v) is 2.41. The molecule has 0 radical (unpaired) electrons. The SMILES string of the molecule is CC(=O)c1ccc(C2CNCCN2CCO)cc1. The maximum Gasteiger partial charge on any atom is 0.159 e. The molecule has 1 aliphatic rings. The molecule has 1 unspecified atom stereocenters. The summed E-state index contributed by atoms with van der Waals surface area (Å²) in [5, 5.41) is 12.5. The van der Waals surface area contributed by atoms with Gasteiger partial charge in [-0.2, -0.15) is 0 Å². The Labute approximate surface area is 108 Å². The van der Waals surface area contributed by atoms with Crippen molar-refractivity contribution in [1.29, 1.82) is 0 Å². The van der Waals surface area contributed by atoms with Gasteiger partial charge in [0.05, 0.1) is 6.61 Å². The van der Waals surface area contributed by atoms with Gasteiger partial charge in [-0.3, -0.25) is 9.69 Å². The third-order valence-electron chi connectivity index (χ3n) is 3.44. The molecule has 1 aromatic carbocycles. The number of Topliss-reactive ketones (excluding diaryl/α,β-unsaturated/α-hetero) is 1. The summed E-state index contributed by atoms with van der Waals surface area (Å²) in [5.74, 6) is 0.0931. The molecule has 0 aliphatic carbocycles. The number of aliphatic hydroxyl groups excluding tert-OH is 1. The highest BCUT2D eigenvalue weighted by molar-refractivity contribution is 5.94. The zero-order valence-corrected chi connectivity index (χ0v) is 10.7. The predicted molar refractivity (Wildman–Crippen MR) is 70.7 cm³/mol. The van der Waals surface area contributed by atoms with Gasteiger partial charge in [0.25, 0.3) is 0 Å². The van der Waals surface area contributed by atoms with Crippen LogP contribution in [0.2, 0.25) is 0 Å². The highest BCUT2D eigenvalue weighted by Gasteiger charge is 2.22. The van der Waals surface area contributed by atoms with Crippen molar-refractivity contribution in [2.24, 2.45) is 0 Å². The zero-order valence-electron chi connectivity index (χ0n) is 10.7. The molecule has 18 heavy (non-hydrogen) atoms. The number of hydrogen-bond acceptors (Lipinski definition) is 4. The van der Waals surface area contributed by atoms with Crippen LogP contribution in [0.5, 0.6) is 0 Å². The van der Waals surface area contributed by atoms with Gasteiger partial charge >= 0.3 is 0 Å². The minimum absolute atomic E-state index is 0.0931. The Kier molecular flexibility index (Phi) is 4.47. The van der Waals surface area contributed by atoms with E-state index >= 15 is 0 Å². The van der Waals surface area contributed by atoms with Crippen molar-refractivity contribution in [3.63, 3.8) is 0 Å². The molecule has 0 amide bonds. The molecule has 0 bridgehead atoms. The van der Waals surface area contributed by atoms with Gasteiger partial charge in [0.2, 0.25) is 0 Å². The van der Waals surface area contributed by atoms with Gasteiger partial charge < -0.3 is 10.4 Å². The molecule has 0 aromatic heterocycles. The second-order valence-corrected chi connectivity index (χ2v) is 4.66. The van der Waals surface area contributed by atoms with Crippen molar-refractivity contribution >= 4 is 5.78 Å². The zero-order chi connectivity index (χ0) is 13.0. The van der Waals surface area contributed by atoms with Crippen LogP contribution in [0.4, 0.5) is 0 Å². The van der Waals surface area contributed by atoms with Crippen molar-refractivity contribution in [3.05, 3.63) is 35.4 Å². The van der Waals surface area contributed by atoms with Crippen LogP contribution in [0.1, 0.15) is 28.9 Å². The fraction of sp³-hybridized carbons (Fsp3) is 0.500. The lowest BCUT2D eigenvalue weighted by atomic mass is 10.0. The average Bonchev–Trinajstić information content (AvgIpc) is 2.40. The number of hydrogen-bond donors (Lipinski definition) is 2. The standard InChI is InChI=1S/C14H20N2O2/c1-11(18)12-2-4-13(5-3-12)14-10-15-6-7-16(14)8-9-17/h2-5,14-15,17H,6-10H2,1H3. The number of carbonyl (C=O) groups is 1. The summed E-state index contributed by atoms with van der Waals surface area (Å²) in [6.45, 7) is 5.25. The van der Waals surface area contributed by atoms with E-state index in [1.165, 1.54) is 5.56 Å². The maximum atomic E-state index is 11.2. The minimum atomic E-state index is 0.0931. The average molecular weight is 248 g/mol. The summed E-state index contributed by atoms with van der Waals surface area (Å²) in [7, 11) is 0. The van der Waals surface area contributed by atoms with Crippen LogP contribution in [-0.4, -0.2) is 48.6 Å². The highest BCUT2D eigenvalue weighted by atomic mass is 16.3. The number of ketones is 1. The summed E-state index contributed by atoms with van der Waals surface area (Å²) >= 11 is 0. The van der Waals surface area contributed by atoms with Gasteiger partial charge in [-0.15, -0.1) is 0 Å². The molecule has 2 rings (SSSR count). The first-order valence-corrected chi connectivity index (χ1v) is 6.39. The molecule has 0 spiro atoms. The van der Waals surface area contributed by atoms with E-state index in [0.29, 0.717) is 6.54 Å². The molecule has 0 saturated carbocycles. The number of nitrogens with one attached hydrogen (secondary N) is 1. The molecule has 1 saturated heterocycles. The molecule has 4 heteroatoms. The Morgan fingerprint density at radius 3 is 2.78 bits per heavy atom. The third-order valence-corrected chi connectivity index (χ3v) is 3.44. The number of piperazine rings is 1. The van der Waals surface area contributed by atoms with Crippen molar-refractivity contribution < 1.29 is 9.90 Å². The third kappa shape index (κ3) is 2.96. The van der Waals surface area contributed by atoms with Crippen molar-refractivity contribution in [2.75, 3.05) is 32.8 Å². The number of β-amino-alcohol motifs (C(OH)–C–C–N with tert-alkyl or cyclic N) is 1. The predicted octanol–water partition coefficient (Wildman–Crippen LogP) is 0.828. The molecule has 1 aromatic rings. The van der Waals surface area contributed by atoms with Gasteiger partial charge in [-0.05, 0) is 12.5 Å². The first kappa shape index (κ1) is 13.2. The normalized spacial score (nSPS) is 20.9. The second-order valence-electron chi connectivity index (χ2n) is 4.66. The van der Waals surface area contributed by atoms with Gasteiger partial charge in [-0.1, -0.05) is 24.3 Å². The molecule has 2 N–H and O–H groups in total. The molecule has 1 fully saturated rings. The van der Waals surface area contributed by atoms with Gasteiger partial charge in [0, 0.05) is 37.8 Å². The Morgan fingerprint density at radius 1 is 1.44 bits per heavy atom. The van der Waals surface area contributed by atoms with Crippen molar-refractivity contribution in [3.8, 4) is 0 Å². The first-order valence-electron chi connectivity index (χ1n) is 6.39. The minimum Gasteiger partial charge on any atom is -0.395 e. The van der Waals surface area contributed by atoms with Crippen LogP contribution in [0, 0.1) is 0 Å². The summed E-state index contributed by atoms with van der Waals surface area (Å²) < 4.78 is 0. The Morgan fingerprint density at radius 2 is 2.17 bits per heavy atom. The van der Waals surface area contributed by atoms with Crippen LogP contribution >= 0.6 is 0 Å². The molecule has 98 valence electrons. The van der Waals surface area contributed by atoms with E-state index in [4.69, 9.17) is 5.11 Å². The van der Waals surface area contributed by atoms with Gasteiger partial charge in [0.15, 0.2) is 5.78 Å². The van der Waals surface area contributed by atoms with Crippen LogP contribution in [0.3, 0.4) is 0 Å². The van der Waals surface area contributed by atoms with E-state index in [2.05, 4.69) is 10.2 Å². The summed E-state index contributed by atoms with van der Waals surface area (Å²) in [4.78, 5) is 13.5. The first-order chi connectivity index (χ1) is 8.72. The van der Waals surface area contributed by atoms with E-state index in [1.807, 2.05) is 24.3 Å². The van der Waals surface area contributed by atoms with E-state index in [-0.39, 0.29) is 18.4 Å². The monoisotopic (exact) mass is 248 g/mol. The quantitative estimate of drug-likeness (QED) is 0.775. The smallest absolute Gasteiger partial charge is 0.159 e. The second kappa shape index (κ2) is 6.09.